The van der Waals surface area contributed by atoms with Gasteiger partial charge in [-0.3, -0.25) is 9.78 Å². The second-order valence-electron chi connectivity index (χ2n) is 5.80. The molecule has 2 aromatic heterocycles. The van der Waals surface area contributed by atoms with Gasteiger partial charge in [0, 0.05) is 35.9 Å². The van der Waals surface area contributed by atoms with Crippen LogP contribution in [-0.2, 0) is 6.54 Å². The number of rotatable bonds is 4. The first-order valence-corrected chi connectivity index (χ1v) is 7.53. The summed E-state index contributed by atoms with van der Waals surface area (Å²) in [5.41, 5.74) is 2.11. The molecule has 4 nitrogen and oxygen atoms in total. The summed E-state index contributed by atoms with van der Waals surface area (Å²) in [6, 6.07) is 10.0. The third-order valence-electron chi connectivity index (χ3n) is 3.80. The first-order valence-electron chi connectivity index (χ1n) is 7.53. The Hall–Kier alpha value is -2.69. The number of aromatic amines is 1. The minimum atomic E-state index is -0.323. The summed E-state index contributed by atoms with van der Waals surface area (Å²) in [6.45, 7) is 4.45. The summed E-state index contributed by atoms with van der Waals surface area (Å²) in [6.07, 6.45) is 3.42. The molecule has 1 aromatic carbocycles. The van der Waals surface area contributed by atoms with Crippen LogP contribution in [0.5, 0.6) is 0 Å². The number of pyridine rings is 1. The van der Waals surface area contributed by atoms with Crippen molar-refractivity contribution in [2.75, 3.05) is 0 Å². The predicted molar refractivity (Wildman–Crippen MR) is 87.5 cm³/mol. The summed E-state index contributed by atoms with van der Waals surface area (Å²) in [5.74, 6) is -0.427. The number of fused-ring (bicyclic) bond motifs is 1. The van der Waals surface area contributed by atoms with Gasteiger partial charge in [0.1, 0.15) is 11.5 Å². The van der Waals surface area contributed by atoms with E-state index in [1.54, 1.807) is 29.4 Å². The quantitative estimate of drug-likeness (QED) is 0.797. The maximum atomic E-state index is 13.3. The Balaban J connectivity index is 1.90. The van der Waals surface area contributed by atoms with E-state index in [0.717, 1.165) is 10.9 Å². The van der Waals surface area contributed by atoms with Crippen LogP contribution in [0, 0.1) is 5.82 Å². The van der Waals surface area contributed by atoms with Gasteiger partial charge in [-0.2, -0.15) is 0 Å². The number of carbonyl (C=O) groups is 1. The normalized spacial score (nSPS) is 11.1. The Morgan fingerprint density at radius 3 is 2.65 bits per heavy atom. The van der Waals surface area contributed by atoms with Gasteiger partial charge in [-0.25, -0.2) is 4.39 Å². The Kier molecular flexibility index (Phi) is 4.10. The molecule has 2 heterocycles. The van der Waals surface area contributed by atoms with Gasteiger partial charge in [-0.1, -0.05) is 0 Å². The molecule has 1 N–H and O–H groups in total. The lowest BCUT2D eigenvalue weighted by Crippen LogP contribution is -2.36. The number of nitrogens with zero attached hydrogens (tertiary/aromatic N) is 2. The smallest absolute Gasteiger partial charge is 0.270 e. The number of benzene rings is 1. The standard InChI is InChI=1S/C18H18FN3O/c1-12(2)22(11-13-5-7-20-8-6-13)18(23)17-9-14-3-4-15(19)10-16(14)21-17/h3-10,12,21H,11H2,1-2H3. The van der Waals surface area contributed by atoms with Crippen LogP contribution in [0.15, 0.2) is 48.8 Å². The van der Waals surface area contributed by atoms with Crippen LogP contribution < -0.4 is 0 Å². The Morgan fingerprint density at radius 1 is 1.22 bits per heavy atom. The fourth-order valence-corrected chi connectivity index (χ4v) is 2.54. The number of amides is 1. The lowest BCUT2D eigenvalue weighted by Gasteiger charge is -2.26. The molecule has 3 aromatic rings. The highest BCUT2D eigenvalue weighted by atomic mass is 19.1. The van der Waals surface area contributed by atoms with Crippen molar-refractivity contribution < 1.29 is 9.18 Å². The molecule has 0 radical (unpaired) electrons. The highest BCUT2D eigenvalue weighted by Gasteiger charge is 2.21. The number of hydrogen-bond acceptors (Lipinski definition) is 2. The molecular weight excluding hydrogens is 293 g/mol. The molecule has 0 bridgehead atoms. The molecule has 0 spiro atoms. The highest BCUT2D eigenvalue weighted by Crippen LogP contribution is 2.19. The maximum Gasteiger partial charge on any atom is 0.270 e. The van der Waals surface area contributed by atoms with E-state index < -0.39 is 0 Å². The van der Waals surface area contributed by atoms with E-state index in [9.17, 15) is 9.18 Å². The van der Waals surface area contributed by atoms with Crippen LogP contribution in [0.2, 0.25) is 0 Å². The molecule has 0 atom stereocenters. The van der Waals surface area contributed by atoms with E-state index in [2.05, 4.69) is 9.97 Å². The molecule has 0 saturated carbocycles. The summed E-state index contributed by atoms with van der Waals surface area (Å²) >= 11 is 0. The predicted octanol–water partition coefficient (Wildman–Crippen LogP) is 3.75. The molecule has 0 aliphatic carbocycles. The molecular formula is C18H18FN3O. The highest BCUT2D eigenvalue weighted by molar-refractivity contribution is 5.98. The number of halogens is 1. The van der Waals surface area contributed by atoms with Gasteiger partial charge in [0.15, 0.2) is 0 Å². The molecule has 118 valence electrons. The number of aromatic nitrogens is 2. The molecule has 0 saturated heterocycles. The Morgan fingerprint density at radius 2 is 1.96 bits per heavy atom. The van der Waals surface area contributed by atoms with Crippen molar-refractivity contribution >= 4 is 16.8 Å². The van der Waals surface area contributed by atoms with E-state index in [1.165, 1.54) is 12.1 Å². The molecule has 5 heteroatoms. The zero-order chi connectivity index (χ0) is 16.4. The molecule has 0 unspecified atom stereocenters. The van der Waals surface area contributed by atoms with E-state index in [4.69, 9.17) is 0 Å². The van der Waals surface area contributed by atoms with Gasteiger partial charge < -0.3 is 9.88 Å². The van der Waals surface area contributed by atoms with Crippen LogP contribution >= 0.6 is 0 Å². The van der Waals surface area contributed by atoms with Crippen LogP contribution in [0.25, 0.3) is 10.9 Å². The van der Waals surface area contributed by atoms with Crippen molar-refractivity contribution in [3.63, 3.8) is 0 Å². The third-order valence-corrected chi connectivity index (χ3v) is 3.80. The minimum absolute atomic E-state index is 0.0406. The second kappa shape index (κ2) is 6.20. The van der Waals surface area contributed by atoms with Crippen molar-refractivity contribution in [1.29, 1.82) is 0 Å². The number of hydrogen-bond donors (Lipinski definition) is 1. The molecule has 0 fully saturated rings. The molecule has 0 aliphatic rings. The monoisotopic (exact) mass is 311 g/mol. The summed E-state index contributed by atoms with van der Waals surface area (Å²) in [5, 5.41) is 0.822. The first-order chi connectivity index (χ1) is 11.0. The molecule has 23 heavy (non-hydrogen) atoms. The average Bonchev–Trinajstić information content (AvgIpc) is 2.95. The largest absolute Gasteiger partial charge is 0.350 e. The van der Waals surface area contributed by atoms with Gasteiger partial charge >= 0.3 is 0 Å². The Bertz CT molecular complexity index is 827. The zero-order valence-corrected chi connectivity index (χ0v) is 13.1. The Labute approximate surface area is 134 Å². The van der Waals surface area contributed by atoms with E-state index in [-0.39, 0.29) is 17.8 Å². The lowest BCUT2D eigenvalue weighted by molar-refractivity contribution is 0.0685. The number of H-pyrrole nitrogens is 1. The third kappa shape index (κ3) is 3.23. The van der Waals surface area contributed by atoms with Crippen molar-refractivity contribution in [2.24, 2.45) is 0 Å². The van der Waals surface area contributed by atoms with E-state index in [1.807, 2.05) is 26.0 Å². The second-order valence-corrected chi connectivity index (χ2v) is 5.80. The SMILES string of the molecule is CC(C)N(Cc1ccncc1)C(=O)c1cc2ccc(F)cc2[nH]1. The molecule has 1 amide bonds. The van der Waals surface area contributed by atoms with E-state index in [0.29, 0.717) is 17.8 Å². The van der Waals surface area contributed by atoms with Crippen LogP contribution in [0.4, 0.5) is 4.39 Å². The summed E-state index contributed by atoms with van der Waals surface area (Å²) < 4.78 is 13.3. The minimum Gasteiger partial charge on any atom is -0.350 e. The fraction of sp³-hybridized carbons (Fsp3) is 0.222. The van der Waals surface area contributed by atoms with Gasteiger partial charge in [-0.15, -0.1) is 0 Å². The van der Waals surface area contributed by atoms with Crippen LogP contribution in [0.3, 0.4) is 0 Å². The van der Waals surface area contributed by atoms with Gasteiger partial charge in [0.2, 0.25) is 0 Å². The first kappa shape index (κ1) is 15.2. The fourth-order valence-electron chi connectivity index (χ4n) is 2.54. The van der Waals surface area contributed by atoms with Crippen molar-refractivity contribution in [3.8, 4) is 0 Å². The summed E-state index contributed by atoms with van der Waals surface area (Å²) in [7, 11) is 0. The number of carbonyl (C=O) groups excluding carboxylic acids is 1. The maximum absolute atomic E-state index is 13.3. The van der Waals surface area contributed by atoms with Crippen molar-refractivity contribution in [1.82, 2.24) is 14.9 Å². The van der Waals surface area contributed by atoms with Gasteiger partial charge in [-0.05, 0) is 55.8 Å². The van der Waals surface area contributed by atoms with Crippen molar-refractivity contribution in [3.05, 3.63) is 65.9 Å². The van der Waals surface area contributed by atoms with Gasteiger partial charge in [0.05, 0.1) is 0 Å². The average molecular weight is 311 g/mol. The van der Waals surface area contributed by atoms with Crippen LogP contribution in [0.1, 0.15) is 29.9 Å². The zero-order valence-electron chi connectivity index (χ0n) is 13.1. The number of nitrogens with one attached hydrogen (secondary N) is 1. The topological polar surface area (TPSA) is 49.0 Å². The molecule has 0 aliphatic heterocycles. The van der Waals surface area contributed by atoms with Crippen LogP contribution in [-0.4, -0.2) is 26.8 Å². The van der Waals surface area contributed by atoms with E-state index >= 15 is 0 Å². The van der Waals surface area contributed by atoms with Gasteiger partial charge in [0.25, 0.3) is 5.91 Å². The molecule has 3 rings (SSSR count). The summed E-state index contributed by atoms with van der Waals surface area (Å²) in [4.78, 5) is 21.6. The van der Waals surface area contributed by atoms with Crippen molar-refractivity contribution in [2.45, 2.75) is 26.4 Å². The lowest BCUT2D eigenvalue weighted by atomic mass is 10.2.